The number of hydrogen-bond donors (Lipinski definition) is 0. The Balaban J connectivity index is 3.21. The van der Waals surface area contributed by atoms with E-state index >= 15 is 0 Å². The van der Waals surface area contributed by atoms with Crippen LogP contribution in [0.2, 0.25) is 5.02 Å². The molecule has 0 spiro atoms. The molecule has 3 nitrogen and oxygen atoms in total. The summed E-state index contributed by atoms with van der Waals surface area (Å²) in [4.78, 5) is 0. The molecule has 1 atom stereocenters. The van der Waals surface area contributed by atoms with Gasteiger partial charge in [-0.25, -0.2) is 4.21 Å². The highest BCUT2D eigenvalue weighted by Crippen LogP contribution is 2.31. The van der Waals surface area contributed by atoms with Crippen LogP contribution in [0.15, 0.2) is 22.6 Å². The van der Waals surface area contributed by atoms with Crippen molar-refractivity contribution in [3.63, 3.8) is 0 Å². The van der Waals surface area contributed by atoms with Gasteiger partial charge in [-0.1, -0.05) is 24.9 Å². The number of benzene rings is 1. The Morgan fingerprint density at radius 1 is 1.29 bits per heavy atom. The van der Waals surface area contributed by atoms with E-state index < -0.39 is 27.6 Å². The number of hydrogen-bond acceptors (Lipinski definition) is 2. The van der Waals surface area contributed by atoms with E-state index in [0.29, 0.717) is 12.4 Å². The van der Waals surface area contributed by atoms with Gasteiger partial charge < -0.3 is 4.74 Å². The Morgan fingerprint density at radius 2 is 1.92 bits per heavy atom. The first kappa shape index (κ1) is 21.0. The SMILES string of the molecule is CCCCOc1ccc(C(=N[S@@](=O)C(C)(C)C)C(F)(F)F)c(Cl)c1. The predicted molar refractivity (Wildman–Crippen MR) is 92.3 cm³/mol. The summed E-state index contributed by atoms with van der Waals surface area (Å²) in [7, 11) is -2.06. The first-order valence-corrected chi connectivity index (χ1v) is 8.96. The minimum Gasteiger partial charge on any atom is -0.494 e. The quantitative estimate of drug-likeness (QED) is 0.491. The average molecular weight is 384 g/mol. The average Bonchev–Trinajstić information content (AvgIpc) is 2.43. The lowest BCUT2D eigenvalue weighted by atomic mass is 10.1. The van der Waals surface area contributed by atoms with Crippen LogP contribution in [0.5, 0.6) is 5.75 Å². The zero-order valence-electron chi connectivity index (χ0n) is 14.0. The summed E-state index contributed by atoms with van der Waals surface area (Å²) in [6, 6.07) is 3.90. The highest BCUT2D eigenvalue weighted by atomic mass is 35.5. The monoisotopic (exact) mass is 383 g/mol. The second-order valence-corrected chi connectivity index (χ2v) is 8.46. The van der Waals surface area contributed by atoms with Crippen LogP contribution < -0.4 is 4.74 Å². The fourth-order valence-corrected chi connectivity index (χ4v) is 2.49. The van der Waals surface area contributed by atoms with Crippen molar-refractivity contribution in [3.8, 4) is 5.75 Å². The molecule has 1 aromatic rings. The Labute approximate surface area is 147 Å². The van der Waals surface area contributed by atoms with Crippen molar-refractivity contribution in [1.29, 1.82) is 0 Å². The lowest BCUT2D eigenvalue weighted by Gasteiger charge is -2.17. The maximum Gasteiger partial charge on any atom is 0.434 e. The lowest BCUT2D eigenvalue weighted by molar-refractivity contribution is -0.0578. The molecular formula is C16H21ClF3NO2S. The molecule has 0 amide bonds. The third kappa shape index (κ3) is 6.09. The number of halogens is 4. The zero-order chi connectivity index (χ0) is 18.5. The molecule has 136 valence electrons. The van der Waals surface area contributed by atoms with Crippen LogP contribution in [0.4, 0.5) is 13.2 Å². The smallest absolute Gasteiger partial charge is 0.434 e. The largest absolute Gasteiger partial charge is 0.494 e. The van der Waals surface area contributed by atoms with Gasteiger partial charge in [-0.15, -0.1) is 0 Å². The van der Waals surface area contributed by atoms with Crippen molar-refractivity contribution in [1.82, 2.24) is 0 Å². The first-order valence-electron chi connectivity index (χ1n) is 7.47. The highest BCUT2D eigenvalue weighted by molar-refractivity contribution is 7.85. The van der Waals surface area contributed by atoms with Crippen LogP contribution in [0, 0.1) is 0 Å². The van der Waals surface area contributed by atoms with Gasteiger partial charge in [0.15, 0.2) is 5.71 Å². The van der Waals surface area contributed by atoms with Crippen LogP contribution in [0.1, 0.15) is 46.1 Å². The van der Waals surface area contributed by atoms with Gasteiger partial charge in [0.2, 0.25) is 0 Å². The van der Waals surface area contributed by atoms with Crippen molar-refractivity contribution in [2.75, 3.05) is 6.61 Å². The summed E-state index contributed by atoms with van der Waals surface area (Å²) in [5, 5.41) is -0.147. The minimum absolute atomic E-state index is 0.147. The minimum atomic E-state index is -4.77. The third-order valence-corrected chi connectivity index (χ3v) is 4.64. The van der Waals surface area contributed by atoms with Crippen molar-refractivity contribution in [2.45, 2.75) is 51.5 Å². The molecule has 0 unspecified atom stereocenters. The number of alkyl halides is 3. The summed E-state index contributed by atoms with van der Waals surface area (Å²) in [5.74, 6) is 0.385. The predicted octanol–water partition coefficient (Wildman–Crippen LogP) is 5.33. The topological polar surface area (TPSA) is 38.7 Å². The van der Waals surface area contributed by atoms with Crippen molar-refractivity contribution < 1.29 is 22.1 Å². The van der Waals surface area contributed by atoms with Crippen molar-refractivity contribution in [3.05, 3.63) is 28.8 Å². The molecule has 8 heteroatoms. The summed E-state index contributed by atoms with van der Waals surface area (Å²) >= 11 is 5.98. The molecule has 0 saturated heterocycles. The Kier molecular flexibility index (Phi) is 7.28. The fourth-order valence-electron chi connectivity index (χ4n) is 1.59. The van der Waals surface area contributed by atoms with Crippen molar-refractivity contribution >= 4 is 28.3 Å². The molecule has 0 aliphatic carbocycles. The van der Waals surface area contributed by atoms with Crippen LogP contribution in [-0.4, -0.2) is 27.5 Å². The maximum atomic E-state index is 13.3. The normalized spacial score (nSPS) is 14.6. The summed E-state index contributed by atoms with van der Waals surface area (Å²) in [5.41, 5.74) is -1.56. The molecule has 0 saturated carbocycles. The molecule has 1 aromatic carbocycles. The molecule has 0 aliphatic heterocycles. The van der Waals surface area contributed by atoms with Crippen LogP contribution >= 0.6 is 11.6 Å². The maximum absolute atomic E-state index is 13.3. The number of nitrogens with zero attached hydrogens (tertiary/aromatic N) is 1. The Hall–Kier alpha value is -1.08. The third-order valence-electron chi connectivity index (χ3n) is 2.93. The molecule has 0 aromatic heterocycles. The lowest BCUT2D eigenvalue weighted by Crippen LogP contribution is -2.28. The number of ether oxygens (including phenoxy) is 1. The second kappa shape index (κ2) is 8.34. The van der Waals surface area contributed by atoms with Gasteiger partial charge in [0.05, 0.1) is 16.4 Å². The van der Waals surface area contributed by atoms with E-state index in [2.05, 4.69) is 4.40 Å². The van der Waals surface area contributed by atoms with E-state index in [1.165, 1.54) is 18.2 Å². The fraction of sp³-hybridized carbons (Fsp3) is 0.562. The van der Waals surface area contributed by atoms with Gasteiger partial charge in [0, 0.05) is 5.56 Å². The zero-order valence-corrected chi connectivity index (χ0v) is 15.6. The molecule has 0 heterocycles. The number of unbranched alkanes of at least 4 members (excludes halogenated alkanes) is 1. The van der Waals surface area contributed by atoms with Gasteiger partial charge in [-0.2, -0.15) is 17.6 Å². The molecule has 1 rings (SSSR count). The van der Waals surface area contributed by atoms with E-state index in [9.17, 15) is 17.4 Å². The molecule has 0 radical (unpaired) electrons. The van der Waals surface area contributed by atoms with Crippen molar-refractivity contribution in [2.24, 2.45) is 4.40 Å². The Morgan fingerprint density at radius 3 is 2.38 bits per heavy atom. The summed E-state index contributed by atoms with van der Waals surface area (Å²) in [6.45, 7) is 7.11. The van der Waals surface area contributed by atoms with E-state index in [1.54, 1.807) is 20.8 Å². The highest BCUT2D eigenvalue weighted by Gasteiger charge is 2.39. The van der Waals surface area contributed by atoms with E-state index in [4.69, 9.17) is 16.3 Å². The van der Waals surface area contributed by atoms with Crippen LogP contribution in [0.3, 0.4) is 0 Å². The van der Waals surface area contributed by atoms with Crippen LogP contribution in [0.25, 0.3) is 0 Å². The summed E-state index contributed by atoms with van der Waals surface area (Å²) < 4.78 is 59.9. The molecule has 24 heavy (non-hydrogen) atoms. The van der Waals surface area contributed by atoms with Gasteiger partial charge in [-0.3, -0.25) is 0 Å². The van der Waals surface area contributed by atoms with E-state index in [1.807, 2.05) is 6.92 Å². The van der Waals surface area contributed by atoms with Crippen LogP contribution in [-0.2, 0) is 11.0 Å². The van der Waals surface area contributed by atoms with Gasteiger partial charge in [0.25, 0.3) is 0 Å². The van der Waals surface area contributed by atoms with Gasteiger partial charge >= 0.3 is 6.18 Å². The van der Waals surface area contributed by atoms with E-state index in [-0.39, 0.29) is 10.6 Å². The molecular weight excluding hydrogens is 363 g/mol. The van der Waals surface area contributed by atoms with Gasteiger partial charge in [-0.05, 0) is 45.4 Å². The first-order chi connectivity index (χ1) is 11.0. The number of rotatable bonds is 6. The molecule has 0 N–H and O–H groups in total. The molecule has 0 bridgehead atoms. The Bertz CT molecular complexity index is 625. The van der Waals surface area contributed by atoms with Gasteiger partial charge in [0.1, 0.15) is 16.7 Å². The second-order valence-electron chi connectivity index (χ2n) is 6.14. The molecule has 0 fully saturated rings. The standard InChI is InChI=1S/C16H21ClF3NO2S/c1-5-6-9-23-11-7-8-12(13(17)10-11)14(16(18,19)20)21-24(22)15(2,3)4/h7-8,10H,5-6,9H2,1-4H3/t24-/m0/s1. The summed E-state index contributed by atoms with van der Waals surface area (Å²) in [6.07, 6.45) is -3.00. The van der Waals surface area contributed by atoms with E-state index in [0.717, 1.165) is 12.8 Å². The molecule has 0 aliphatic rings.